The highest BCUT2D eigenvalue weighted by Gasteiger charge is 1.94. The Hall–Kier alpha value is -1.78. The van der Waals surface area contributed by atoms with Crippen LogP contribution in [0.25, 0.3) is 0 Å². The van der Waals surface area contributed by atoms with Crippen LogP contribution in [-0.4, -0.2) is 16.7 Å². The molecule has 0 aliphatic rings. The summed E-state index contributed by atoms with van der Waals surface area (Å²) in [6.45, 7) is 1.82. The molecule has 1 rings (SSSR count). The van der Waals surface area contributed by atoms with E-state index in [0.29, 0.717) is 0 Å². The van der Waals surface area contributed by atoms with E-state index in [1.54, 1.807) is 0 Å². The average Bonchev–Trinajstić information content (AvgIpc) is 2.51. The van der Waals surface area contributed by atoms with Gasteiger partial charge in [-0.1, -0.05) is 0 Å². The molecule has 0 aliphatic carbocycles. The van der Waals surface area contributed by atoms with E-state index in [1.807, 2.05) is 25.3 Å². The van der Waals surface area contributed by atoms with Gasteiger partial charge in [0.25, 0.3) is 0 Å². The van der Waals surface area contributed by atoms with Crippen molar-refractivity contribution < 1.29 is 0 Å². The highest BCUT2D eigenvalue weighted by molar-refractivity contribution is 5.97. The number of guanidine groups is 1. The maximum Gasteiger partial charge on any atom is 0.211 e. The summed E-state index contributed by atoms with van der Waals surface area (Å²) in [6, 6.07) is 3.77. The Morgan fingerprint density at radius 1 is 1.42 bits per heavy atom. The number of H-pyrrole nitrogens is 1. The fraction of sp³-hybridized carbons (Fsp3) is 0.143. The summed E-state index contributed by atoms with van der Waals surface area (Å²) in [5, 5.41) is 7.31. The molecule has 0 bridgehead atoms. The highest BCUT2D eigenvalue weighted by atomic mass is 15.3. The molecule has 0 saturated heterocycles. The summed E-state index contributed by atoms with van der Waals surface area (Å²) in [4.78, 5) is 2.98. The molecule has 0 aromatic carbocycles. The van der Waals surface area contributed by atoms with Crippen molar-refractivity contribution >= 4 is 11.7 Å². The second-order valence-corrected chi connectivity index (χ2v) is 2.29. The van der Waals surface area contributed by atoms with Gasteiger partial charge in [0.05, 0.1) is 11.4 Å². The van der Waals surface area contributed by atoms with E-state index in [9.17, 15) is 0 Å². The van der Waals surface area contributed by atoms with Crippen molar-refractivity contribution in [2.45, 2.75) is 6.92 Å². The third-order valence-electron chi connectivity index (χ3n) is 1.30. The maximum atomic E-state index is 5.10. The number of hydrogen-bond acceptors (Lipinski definition) is 2. The van der Waals surface area contributed by atoms with Gasteiger partial charge in [0.2, 0.25) is 5.96 Å². The Labute approximate surface area is 70.2 Å². The SMILES string of the molecule is CC(=NN=C(N)N)c1ccc[nH]1. The molecular formula is C7H11N5. The molecule has 5 heteroatoms. The monoisotopic (exact) mass is 165 g/mol. The fourth-order valence-electron chi connectivity index (χ4n) is 0.742. The third-order valence-corrected chi connectivity index (χ3v) is 1.30. The van der Waals surface area contributed by atoms with Crippen LogP contribution >= 0.6 is 0 Å². The van der Waals surface area contributed by atoms with Gasteiger partial charge in [-0.25, -0.2) is 0 Å². The van der Waals surface area contributed by atoms with Gasteiger partial charge in [0, 0.05) is 6.20 Å². The van der Waals surface area contributed by atoms with Crippen LogP contribution in [0.2, 0.25) is 0 Å². The number of hydrogen-bond donors (Lipinski definition) is 3. The van der Waals surface area contributed by atoms with Crippen LogP contribution in [0.4, 0.5) is 0 Å². The average molecular weight is 165 g/mol. The summed E-state index contributed by atoms with van der Waals surface area (Å²) in [5.74, 6) is -0.0408. The van der Waals surface area contributed by atoms with Crippen LogP contribution in [0.1, 0.15) is 12.6 Å². The van der Waals surface area contributed by atoms with Crippen LogP contribution in [0.5, 0.6) is 0 Å². The number of aromatic nitrogens is 1. The first kappa shape index (κ1) is 8.32. The molecule has 0 aliphatic heterocycles. The van der Waals surface area contributed by atoms with Gasteiger partial charge in [-0.3, -0.25) is 0 Å². The van der Waals surface area contributed by atoms with Crippen LogP contribution in [-0.2, 0) is 0 Å². The third kappa shape index (κ3) is 2.12. The molecule has 64 valence electrons. The zero-order chi connectivity index (χ0) is 8.97. The Kier molecular flexibility index (Phi) is 2.47. The molecule has 0 saturated carbocycles. The summed E-state index contributed by atoms with van der Waals surface area (Å²) < 4.78 is 0. The Morgan fingerprint density at radius 3 is 2.67 bits per heavy atom. The largest absolute Gasteiger partial charge is 0.369 e. The van der Waals surface area contributed by atoms with E-state index in [2.05, 4.69) is 15.2 Å². The second kappa shape index (κ2) is 3.56. The minimum absolute atomic E-state index is 0.0408. The first-order valence-electron chi connectivity index (χ1n) is 3.47. The van der Waals surface area contributed by atoms with Crippen molar-refractivity contribution in [3.63, 3.8) is 0 Å². The quantitative estimate of drug-likeness (QED) is 0.327. The lowest BCUT2D eigenvalue weighted by Gasteiger charge is -1.92. The molecule has 0 unspecified atom stereocenters. The zero-order valence-corrected chi connectivity index (χ0v) is 6.78. The van der Waals surface area contributed by atoms with Gasteiger partial charge >= 0.3 is 0 Å². The van der Waals surface area contributed by atoms with E-state index in [1.165, 1.54) is 0 Å². The van der Waals surface area contributed by atoms with Crippen molar-refractivity contribution in [3.05, 3.63) is 24.0 Å². The predicted molar refractivity (Wildman–Crippen MR) is 48.8 cm³/mol. The number of nitrogens with one attached hydrogen (secondary N) is 1. The molecule has 0 radical (unpaired) electrons. The fourth-order valence-corrected chi connectivity index (χ4v) is 0.742. The molecule has 0 spiro atoms. The lowest BCUT2D eigenvalue weighted by Crippen LogP contribution is -2.22. The molecule has 0 fully saturated rings. The van der Waals surface area contributed by atoms with Crippen molar-refractivity contribution in [2.75, 3.05) is 0 Å². The standard InChI is InChI=1S/C7H11N5/c1-5(11-12-7(8)9)6-3-2-4-10-6/h2-4,10H,1H3,(H4,8,9,12). The van der Waals surface area contributed by atoms with Crippen molar-refractivity contribution in [2.24, 2.45) is 21.7 Å². The molecule has 5 N–H and O–H groups in total. The highest BCUT2D eigenvalue weighted by Crippen LogP contribution is 1.96. The van der Waals surface area contributed by atoms with Crippen molar-refractivity contribution in [3.8, 4) is 0 Å². The molecule has 5 nitrogen and oxygen atoms in total. The summed E-state index contributed by atoms with van der Waals surface area (Å²) in [6.07, 6.45) is 1.81. The normalized spacial score (nSPS) is 11.2. The minimum Gasteiger partial charge on any atom is -0.369 e. The molecule has 0 atom stereocenters. The van der Waals surface area contributed by atoms with Gasteiger partial charge in [-0.2, -0.15) is 5.10 Å². The van der Waals surface area contributed by atoms with Crippen LogP contribution in [0, 0.1) is 0 Å². The van der Waals surface area contributed by atoms with E-state index in [0.717, 1.165) is 11.4 Å². The lowest BCUT2D eigenvalue weighted by molar-refractivity contribution is 1.18. The Morgan fingerprint density at radius 2 is 2.17 bits per heavy atom. The van der Waals surface area contributed by atoms with E-state index in [4.69, 9.17) is 11.5 Å². The van der Waals surface area contributed by atoms with Gasteiger partial charge in [-0.05, 0) is 19.1 Å². The molecule has 1 aromatic heterocycles. The molecule has 12 heavy (non-hydrogen) atoms. The summed E-state index contributed by atoms with van der Waals surface area (Å²) >= 11 is 0. The molecular weight excluding hydrogens is 154 g/mol. The summed E-state index contributed by atoms with van der Waals surface area (Å²) in [7, 11) is 0. The number of nitrogens with two attached hydrogens (primary N) is 2. The molecule has 1 aromatic rings. The Balaban J connectivity index is 2.78. The second-order valence-electron chi connectivity index (χ2n) is 2.29. The number of nitrogens with zero attached hydrogens (tertiary/aromatic N) is 2. The summed E-state index contributed by atoms with van der Waals surface area (Å²) in [5.41, 5.74) is 11.9. The van der Waals surface area contributed by atoms with Crippen molar-refractivity contribution in [1.82, 2.24) is 4.98 Å². The first-order chi connectivity index (χ1) is 5.70. The van der Waals surface area contributed by atoms with E-state index >= 15 is 0 Å². The maximum absolute atomic E-state index is 5.10. The van der Waals surface area contributed by atoms with Gasteiger partial charge < -0.3 is 16.5 Å². The molecule has 1 heterocycles. The van der Waals surface area contributed by atoms with Gasteiger partial charge in [0.1, 0.15) is 0 Å². The topological polar surface area (TPSA) is 92.5 Å². The smallest absolute Gasteiger partial charge is 0.211 e. The number of rotatable bonds is 2. The zero-order valence-electron chi connectivity index (χ0n) is 6.78. The van der Waals surface area contributed by atoms with Crippen molar-refractivity contribution in [1.29, 1.82) is 0 Å². The van der Waals surface area contributed by atoms with Gasteiger partial charge in [0.15, 0.2) is 0 Å². The van der Waals surface area contributed by atoms with Crippen LogP contribution < -0.4 is 11.5 Å². The molecule has 0 amide bonds. The van der Waals surface area contributed by atoms with Crippen LogP contribution in [0.15, 0.2) is 28.5 Å². The first-order valence-corrected chi connectivity index (χ1v) is 3.47. The van der Waals surface area contributed by atoms with E-state index < -0.39 is 0 Å². The Bertz CT molecular complexity index is 292. The van der Waals surface area contributed by atoms with Gasteiger partial charge in [-0.15, -0.1) is 5.10 Å². The number of aromatic amines is 1. The van der Waals surface area contributed by atoms with Crippen LogP contribution in [0.3, 0.4) is 0 Å². The predicted octanol–water partition coefficient (Wildman–Crippen LogP) is 0.0121. The lowest BCUT2D eigenvalue weighted by atomic mass is 10.3. The van der Waals surface area contributed by atoms with E-state index in [-0.39, 0.29) is 5.96 Å². The minimum atomic E-state index is -0.0408.